The molecule has 1 aliphatic heterocycles. The van der Waals surface area contributed by atoms with Gasteiger partial charge in [0.25, 0.3) is 0 Å². The summed E-state index contributed by atoms with van der Waals surface area (Å²) in [4.78, 5) is 0. The van der Waals surface area contributed by atoms with Gasteiger partial charge in [-0.15, -0.1) is 0 Å². The molecule has 9 heavy (non-hydrogen) atoms. The molecule has 1 rings (SSSR count). The van der Waals surface area contributed by atoms with Gasteiger partial charge in [-0.3, -0.25) is 0 Å². The lowest BCUT2D eigenvalue weighted by Crippen LogP contribution is -2.36. The van der Waals surface area contributed by atoms with E-state index in [2.05, 4.69) is 0 Å². The summed E-state index contributed by atoms with van der Waals surface area (Å²) >= 11 is 0. The Labute approximate surface area is 55.8 Å². The zero-order valence-electron chi connectivity index (χ0n) is 6.05. The highest BCUT2D eigenvalue weighted by Crippen LogP contribution is 2.25. The third-order valence-corrected chi connectivity index (χ3v) is 1.71. The number of hydrogen-bond acceptors (Lipinski definition) is 2. The normalized spacial score (nSPS) is 45.0. The van der Waals surface area contributed by atoms with Crippen LogP contribution in [-0.4, -0.2) is 17.0 Å². The first-order valence-electron chi connectivity index (χ1n) is 3.50. The molecular formula is C7H14O2. The van der Waals surface area contributed by atoms with Gasteiger partial charge in [-0.05, 0) is 26.7 Å². The van der Waals surface area contributed by atoms with Crippen molar-refractivity contribution in [3.8, 4) is 0 Å². The Balaban J connectivity index is 2.41. The van der Waals surface area contributed by atoms with E-state index in [1.807, 2.05) is 6.92 Å². The molecule has 1 aliphatic rings. The third-order valence-electron chi connectivity index (χ3n) is 1.71. The predicted octanol–water partition coefficient (Wildman–Crippen LogP) is 1.28. The van der Waals surface area contributed by atoms with Gasteiger partial charge in [0.05, 0.1) is 6.10 Å². The van der Waals surface area contributed by atoms with E-state index < -0.39 is 5.79 Å². The molecular weight excluding hydrogens is 116 g/mol. The average molecular weight is 130 g/mol. The van der Waals surface area contributed by atoms with Gasteiger partial charge in [-0.25, -0.2) is 0 Å². The van der Waals surface area contributed by atoms with Crippen LogP contribution in [0, 0.1) is 0 Å². The molecule has 0 aromatic carbocycles. The van der Waals surface area contributed by atoms with Gasteiger partial charge >= 0.3 is 0 Å². The van der Waals surface area contributed by atoms with Gasteiger partial charge in [-0.2, -0.15) is 0 Å². The highest BCUT2D eigenvalue weighted by atomic mass is 16.6. The van der Waals surface area contributed by atoms with E-state index in [4.69, 9.17) is 4.74 Å². The lowest BCUT2D eigenvalue weighted by molar-refractivity contribution is -0.237. The Morgan fingerprint density at radius 1 is 1.67 bits per heavy atom. The number of rotatable bonds is 0. The molecule has 1 fully saturated rings. The summed E-state index contributed by atoms with van der Waals surface area (Å²) in [5.74, 6) is -0.850. The molecule has 54 valence electrons. The van der Waals surface area contributed by atoms with Gasteiger partial charge in [-0.1, -0.05) is 0 Å². The molecule has 1 saturated heterocycles. The van der Waals surface area contributed by atoms with E-state index in [1.165, 1.54) is 0 Å². The van der Waals surface area contributed by atoms with Gasteiger partial charge in [0.2, 0.25) is 0 Å². The van der Waals surface area contributed by atoms with Crippen LogP contribution in [-0.2, 0) is 4.74 Å². The van der Waals surface area contributed by atoms with Crippen LogP contribution >= 0.6 is 0 Å². The van der Waals surface area contributed by atoms with Crippen LogP contribution in [0.15, 0.2) is 0 Å². The summed E-state index contributed by atoms with van der Waals surface area (Å²) in [5, 5.41) is 9.32. The Hall–Kier alpha value is -0.0800. The van der Waals surface area contributed by atoms with Gasteiger partial charge < -0.3 is 9.84 Å². The Kier molecular flexibility index (Phi) is 1.78. The van der Waals surface area contributed by atoms with Crippen molar-refractivity contribution in [2.24, 2.45) is 0 Å². The maximum atomic E-state index is 9.32. The molecule has 2 heteroatoms. The summed E-state index contributed by atoms with van der Waals surface area (Å²) < 4.78 is 5.23. The fourth-order valence-electron chi connectivity index (χ4n) is 1.27. The highest BCUT2D eigenvalue weighted by molar-refractivity contribution is 4.69. The second kappa shape index (κ2) is 2.27. The van der Waals surface area contributed by atoms with Crippen molar-refractivity contribution < 1.29 is 9.84 Å². The van der Waals surface area contributed by atoms with E-state index in [1.54, 1.807) is 6.92 Å². The number of hydrogen-bond donors (Lipinski definition) is 1. The maximum Gasteiger partial charge on any atom is 0.162 e. The first-order valence-corrected chi connectivity index (χ1v) is 3.50. The van der Waals surface area contributed by atoms with Crippen LogP contribution in [0.4, 0.5) is 0 Å². The van der Waals surface area contributed by atoms with Gasteiger partial charge in [0.15, 0.2) is 5.79 Å². The highest BCUT2D eigenvalue weighted by Gasteiger charge is 2.27. The second-order valence-electron chi connectivity index (χ2n) is 3.00. The van der Waals surface area contributed by atoms with Crippen LogP contribution in [0.2, 0.25) is 0 Å². The summed E-state index contributed by atoms with van der Waals surface area (Å²) in [6.45, 7) is 3.72. The van der Waals surface area contributed by atoms with E-state index >= 15 is 0 Å². The minimum Gasteiger partial charge on any atom is -0.366 e. The first-order chi connectivity index (χ1) is 4.10. The molecule has 0 bridgehead atoms. The molecule has 0 aromatic heterocycles. The smallest absolute Gasteiger partial charge is 0.162 e. The lowest BCUT2D eigenvalue weighted by Gasteiger charge is -2.32. The maximum absolute atomic E-state index is 9.32. The number of ether oxygens (including phenoxy) is 1. The fraction of sp³-hybridized carbons (Fsp3) is 1.00. The average Bonchev–Trinajstić information content (AvgIpc) is 1.60. The Morgan fingerprint density at radius 2 is 2.33 bits per heavy atom. The second-order valence-corrected chi connectivity index (χ2v) is 3.00. The zero-order valence-corrected chi connectivity index (χ0v) is 6.05. The molecule has 0 radical (unpaired) electrons. The molecule has 0 saturated carbocycles. The monoisotopic (exact) mass is 130 g/mol. The van der Waals surface area contributed by atoms with Crippen LogP contribution in [0.3, 0.4) is 0 Å². The van der Waals surface area contributed by atoms with Gasteiger partial charge in [0.1, 0.15) is 0 Å². The number of aliphatic hydroxyl groups is 1. The minimum absolute atomic E-state index is 0.230. The van der Waals surface area contributed by atoms with E-state index in [0.717, 1.165) is 19.3 Å². The van der Waals surface area contributed by atoms with Crippen molar-refractivity contribution in [1.82, 2.24) is 0 Å². The van der Waals surface area contributed by atoms with E-state index in [9.17, 15) is 5.11 Å². The summed E-state index contributed by atoms with van der Waals surface area (Å²) in [5.41, 5.74) is 0. The van der Waals surface area contributed by atoms with Crippen molar-refractivity contribution in [3.05, 3.63) is 0 Å². The predicted molar refractivity (Wildman–Crippen MR) is 35.0 cm³/mol. The van der Waals surface area contributed by atoms with Crippen molar-refractivity contribution in [2.75, 3.05) is 0 Å². The Morgan fingerprint density at radius 3 is 2.67 bits per heavy atom. The van der Waals surface area contributed by atoms with Crippen molar-refractivity contribution >= 4 is 0 Å². The van der Waals surface area contributed by atoms with E-state index in [0.29, 0.717) is 0 Å². The fourth-order valence-corrected chi connectivity index (χ4v) is 1.27. The van der Waals surface area contributed by atoms with Crippen LogP contribution < -0.4 is 0 Å². The molecule has 2 atom stereocenters. The minimum atomic E-state index is -0.850. The molecule has 0 aromatic rings. The van der Waals surface area contributed by atoms with Crippen molar-refractivity contribution in [3.63, 3.8) is 0 Å². The standard InChI is InChI=1S/C7H14O2/c1-6-4-3-5-7(2,8)9-6/h6,8H,3-5H2,1-2H3. The quantitative estimate of drug-likeness (QED) is 0.535. The Bertz CT molecular complexity index is 99.1. The molecule has 2 unspecified atom stereocenters. The summed E-state index contributed by atoms with van der Waals surface area (Å²) in [6.07, 6.45) is 3.16. The molecule has 1 N–H and O–H groups in total. The largest absolute Gasteiger partial charge is 0.366 e. The van der Waals surface area contributed by atoms with Gasteiger partial charge in [0, 0.05) is 6.42 Å². The molecule has 2 nitrogen and oxygen atoms in total. The zero-order chi connectivity index (χ0) is 6.91. The molecule has 0 spiro atoms. The van der Waals surface area contributed by atoms with E-state index in [-0.39, 0.29) is 6.10 Å². The van der Waals surface area contributed by atoms with Crippen LogP contribution in [0.25, 0.3) is 0 Å². The summed E-state index contributed by atoms with van der Waals surface area (Å²) in [7, 11) is 0. The topological polar surface area (TPSA) is 29.5 Å². The lowest BCUT2D eigenvalue weighted by atomic mass is 10.0. The summed E-state index contributed by atoms with van der Waals surface area (Å²) in [6, 6.07) is 0. The first kappa shape index (κ1) is 7.03. The molecule has 0 amide bonds. The SMILES string of the molecule is CC1CCCC(C)(O)O1. The van der Waals surface area contributed by atoms with Crippen LogP contribution in [0.5, 0.6) is 0 Å². The molecule has 0 aliphatic carbocycles. The van der Waals surface area contributed by atoms with Crippen LogP contribution in [0.1, 0.15) is 33.1 Å². The molecule has 1 heterocycles. The van der Waals surface area contributed by atoms with Crippen molar-refractivity contribution in [1.29, 1.82) is 0 Å². The van der Waals surface area contributed by atoms with Crippen molar-refractivity contribution in [2.45, 2.75) is 45.0 Å². The third kappa shape index (κ3) is 1.95.